The lowest BCUT2D eigenvalue weighted by molar-refractivity contribution is -0.307. The van der Waals surface area contributed by atoms with E-state index in [4.69, 9.17) is 9.47 Å². The summed E-state index contributed by atoms with van der Waals surface area (Å²) in [5.74, 6) is -0.711. The summed E-state index contributed by atoms with van der Waals surface area (Å²) < 4.78 is 10.1. The minimum Gasteiger partial charge on any atom is -0.546 e. The lowest BCUT2D eigenvalue weighted by Crippen LogP contribution is -2.28. The number of rotatable bonds is 6. The van der Waals surface area contributed by atoms with Crippen LogP contribution >= 0.6 is 0 Å². The Morgan fingerprint density at radius 2 is 1.77 bits per heavy atom. The molecule has 0 atom stereocenters. The molecule has 0 aliphatic rings. The van der Waals surface area contributed by atoms with Crippen molar-refractivity contribution in [1.82, 2.24) is 0 Å². The van der Waals surface area contributed by atoms with Crippen LogP contribution in [-0.2, 0) is 4.79 Å². The van der Waals surface area contributed by atoms with Crippen molar-refractivity contribution >= 4 is 17.6 Å². The number of nitrogens with one attached hydrogen (secondary N) is 1. The maximum Gasteiger partial charge on any atom is 0.255 e. The summed E-state index contributed by atoms with van der Waals surface area (Å²) in [6.07, 6.45) is 0. The van der Waals surface area contributed by atoms with E-state index in [0.29, 0.717) is 22.7 Å². The van der Waals surface area contributed by atoms with E-state index in [1.54, 1.807) is 24.3 Å². The Morgan fingerprint density at radius 3 is 2.41 bits per heavy atom. The van der Waals surface area contributed by atoms with E-state index in [-0.39, 0.29) is 5.91 Å². The summed E-state index contributed by atoms with van der Waals surface area (Å²) in [5.41, 5.74) is 0.971. The lowest BCUT2D eigenvalue weighted by Gasteiger charge is -2.10. The zero-order chi connectivity index (χ0) is 15.9. The van der Waals surface area contributed by atoms with Gasteiger partial charge in [0.15, 0.2) is 0 Å². The minimum absolute atomic E-state index is 0.309. The van der Waals surface area contributed by atoms with Gasteiger partial charge in [-0.3, -0.25) is 4.79 Å². The molecule has 0 aromatic heterocycles. The van der Waals surface area contributed by atoms with E-state index in [9.17, 15) is 14.7 Å². The fourth-order valence-electron chi connectivity index (χ4n) is 1.79. The van der Waals surface area contributed by atoms with Crippen molar-refractivity contribution in [2.75, 3.05) is 19.0 Å². The molecule has 0 saturated heterocycles. The van der Waals surface area contributed by atoms with Crippen molar-refractivity contribution in [3.8, 4) is 11.5 Å². The van der Waals surface area contributed by atoms with Crippen LogP contribution in [0.5, 0.6) is 11.5 Å². The largest absolute Gasteiger partial charge is 0.546 e. The van der Waals surface area contributed by atoms with Gasteiger partial charge in [-0.2, -0.15) is 0 Å². The molecule has 6 heteroatoms. The number of hydrogen-bond acceptors (Lipinski definition) is 5. The summed E-state index contributed by atoms with van der Waals surface area (Å²) in [4.78, 5) is 22.4. The Balaban J connectivity index is 2.05. The number of carbonyl (C=O) groups is 2. The molecule has 2 aromatic carbocycles. The number of amides is 1. The zero-order valence-corrected chi connectivity index (χ0v) is 11.9. The molecular formula is C16H14NO5-. The van der Waals surface area contributed by atoms with Gasteiger partial charge in [0.2, 0.25) is 0 Å². The fraction of sp³-hybridized carbons (Fsp3) is 0.125. The van der Waals surface area contributed by atoms with E-state index >= 15 is 0 Å². The van der Waals surface area contributed by atoms with Gasteiger partial charge in [-0.05, 0) is 36.4 Å². The predicted molar refractivity (Wildman–Crippen MR) is 77.9 cm³/mol. The minimum atomic E-state index is -1.31. The molecule has 6 nitrogen and oxygen atoms in total. The first-order valence-electron chi connectivity index (χ1n) is 6.47. The number of aliphatic carboxylic acids is 1. The average Bonchev–Trinajstić information content (AvgIpc) is 2.54. The molecule has 114 valence electrons. The van der Waals surface area contributed by atoms with Gasteiger partial charge in [-0.1, -0.05) is 12.1 Å². The molecule has 0 heterocycles. The maximum atomic E-state index is 12.1. The van der Waals surface area contributed by atoms with Gasteiger partial charge in [0.05, 0.1) is 18.8 Å². The van der Waals surface area contributed by atoms with Gasteiger partial charge < -0.3 is 24.7 Å². The van der Waals surface area contributed by atoms with E-state index in [1.807, 2.05) is 0 Å². The van der Waals surface area contributed by atoms with E-state index < -0.39 is 12.6 Å². The molecule has 2 aromatic rings. The summed E-state index contributed by atoms with van der Waals surface area (Å²) in [5, 5.41) is 13.0. The Bertz CT molecular complexity index is 666. The van der Waals surface area contributed by atoms with Gasteiger partial charge >= 0.3 is 0 Å². The van der Waals surface area contributed by atoms with Crippen LogP contribution in [0.3, 0.4) is 0 Å². The smallest absolute Gasteiger partial charge is 0.255 e. The lowest BCUT2D eigenvalue weighted by atomic mass is 10.2. The molecular weight excluding hydrogens is 286 g/mol. The first-order chi connectivity index (χ1) is 10.6. The quantitative estimate of drug-likeness (QED) is 0.862. The molecule has 0 spiro atoms. The number of carboxylic acids is 1. The summed E-state index contributed by atoms with van der Waals surface area (Å²) in [6, 6.07) is 13.2. The molecule has 0 bridgehead atoms. The van der Waals surface area contributed by atoms with Crippen molar-refractivity contribution < 1.29 is 24.2 Å². The molecule has 0 radical (unpaired) electrons. The van der Waals surface area contributed by atoms with Gasteiger partial charge in [0.25, 0.3) is 5.91 Å². The Kier molecular flexibility index (Phi) is 4.98. The highest BCUT2D eigenvalue weighted by Gasteiger charge is 2.09. The van der Waals surface area contributed by atoms with Crippen LogP contribution in [0.15, 0.2) is 48.5 Å². The molecule has 22 heavy (non-hydrogen) atoms. The van der Waals surface area contributed by atoms with Gasteiger partial charge in [-0.25, -0.2) is 0 Å². The topological polar surface area (TPSA) is 87.7 Å². The summed E-state index contributed by atoms with van der Waals surface area (Å²) in [7, 11) is 1.52. The van der Waals surface area contributed by atoms with Gasteiger partial charge in [0.1, 0.15) is 18.1 Å². The SMILES string of the molecule is COc1ccccc1NC(=O)c1ccc(OCC(=O)[O-])cc1. The number of carboxylic acid groups (broad SMARTS) is 1. The normalized spacial score (nSPS) is 9.86. The van der Waals surface area contributed by atoms with Crippen molar-refractivity contribution in [2.45, 2.75) is 0 Å². The highest BCUT2D eigenvalue weighted by molar-refractivity contribution is 6.05. The fourth-order valence-corrected chi connectivity index (χ4v) is 1.79. The van der Waals surface area contributed by atoms with Crippen molar-refractivity contribution in [2.24, 2.45) is 0 Å². The standard InChI is InChI=1S/C16H15NO5/c1-21-14-5-3-2-4-13(14)17-16(20)11-6-8-12(9-7-11)22-10-15(18)19/h2-9H,10H2,1H3,(H,17,20)(H,18,19)/p-1. The molecule has 2 rings (SSSR count). The molecule has 0 aliphatic carbocycles. The number of para-hydroxylation sites is 2. The van der Waals surface area contributed by atoms with Crippen LogP contribution in [0, 0.1) is 0 Å². The van der Waals surface area contributed by atoms with Gasteiger partial charge in [0, 0.05) is 5.56 Å². The van der Waals surface area contributed by atoms with Crippen LogP contribution < -0.4 is 19.9 Å². The molecule has 1 amide bonds. The molecule has 0 saturated carbocycles. The van der Waals surface area contributed by atoms with Crippen LogP contribution in [0.2, 0.25) is 0 Å². The maximum absolute atomic E-state index is 12.1. The number of carbonyl (C=O) groups excluding carboxylic acids is 2. The second kappa shape index (κ2) is 7.12. The third-order valence-corrected chi connectivity index (χ3v) is 2.83. The average molecular weight is 300 g/mol. The van der Waals surface area contributed by atoms with Crippen LogP contribution in [0.1, 0.15) is 10.4 Å². The third kappa shape index (κ3) is 3.99. The molecule has 0 fully saturated rings. The molecule has 1 N–H and O–H groups in total. The number of anilines is 1. The van der Waals surface area contributed by atoms with E-state index in [2.05, 4.69) is 5.32 Å². The Hall–Kier alpha value is -3.02. The van der Waals surface area contributed by atoms with E-state index in [0.717, 1.165) is 0 Å². The van der Waals surface area contributed by atoms with E-state index in [1.165, 1.54) is 31.4 Å². The van der Waals surface area contributed by atoms with Crippen molar-refractivity contribution in [1.29, 1.82) is 0 Å². The monoisotopic (exact) mass is 300 g/mol. The second-order valence-corrected chi connectivity index (χ2v) is 4.34. The van der Waals surface area contributed by atoms with Gasteiger partial charge in [-0.15, -0.1) is 0 Å². The molecule has 0 aliphatic heterocycles. The Labute approximate surface area is 127 Å². The highest BCUT2D eigenvalue weighted by atomic mass is 16.5. The van der Waals surface area contributed by atoms with Crippen LogP contribution in [0.25, 0.3) is 0 Å². The first-order valence-corrected chi connectivity index (χ1v) is 6.47. The molecule has 0 unspecified atom stereocenters. The summed E-state index contributed by atoms with van der Waals surface area (Å²) in [6.45, 7) is -0.535. The zero-order valence-electron chi connectivity index (χ0n) is 11.9. The number of methoxy groups -OCH3 is 1. The number of hydrogen-bond donors (Lipinski definition) is 1. The summed E-state index contributed by atoms with van der Waals surface area (Å²) >= 11 is 0. The number of benzene rings is 2. The third-order valence-electron chi connectivity index (χ3n) is 2.83. The van der Waals surface area contributed by atoms with Crippen LogP contribution in [-0.4, -0.2) is 25.6 Å². The van der Waals surface area contributed by atoms with Crippen molar-refractivity contribution in [3.05, 3.63) is 54.1 Å². The van der Waals surface area contributed by atoms with Crippen LogP contribution in [0.4, 0.5) is 5.69 Å². The second-order valence-electron chi connectivity index (χ2n) is 4.34. The van der Waals surface area contributed by atoms with Crippen molar-refractivity contribution in [3.63, 3.8) is 0 Å². The highest BCUT2D eigenvalue weighted by Crippen LogP contribution is 2.24. The first kappa shape index (κ1) is 15.4. The Morgan fingerprint density at radius 1 is 1.09 bits per heavy atom. The number of ether oxygens (including phenoxy) is 2. The predicted octanol–water partition coefficient (Wildman–Crippen LogP) is 1.08.